The average Bonchev–Trinajstić information content (AvgIpc) is 1.81. The molecule has 4 heteroatoms. The third-order valence-corrected chi connectivity index (χ3v) is 1.11. The summed E-state index contributed by atoms with van der Waals surface area (Å²) in [6.45, 7) is 0. The highest BCUT2D eigenvalue weighted by atomic mass is 19.3. The molecule has 0 amide bonds. The lowest BCUT2D eigenvalue weighted by atomic mass is 10.1. The Balaban J connectivity index is 2.87. The first kappa shape index (κ1) is 7.31. The van der Waals surface area contributed by atoms with Crippen molar-refractivity contribution < 1.29 is 17.6 Å². The fourth-order valence-electron chi connectivity index (χ4n) is 0.599. The third kappa shape index (κ3) is 1.20. The Morgan fingerprint density at radius 3 is 2.40 bits per heavy atom. The van der Waals surface area contributed by atoms with E-state index in [0.717, 1.165) is 0 Å². The van der Waals surface area contributed by atoms with Crippen molar-refractivity contribution in [2.24, 2.45) is 0 Å². The van der Waals surface area contributed by atoms with Gasteiger partial charge in [0.2, 0.25) is 0 Å². The van der Waals surface area contributed by atoms with Gasteiger partial charge in [0.25, 0.3) is 0 Å². The molecule has 0 saturated heterocycles. The summed E-state index contributed by atoms with van der Waals surface area (Å²) >= 11 is 0. The molecule has 0 aromatic carbocycles. The van der Waals surface area contributed by atoms with Gasteiger partial charge < -0.3 is 0 Å². The zero-order valence-corrected chi connectivity index (χ0v) is 4.82. The van der Waals surface area contributed by atoms with Crippen molar-refractivity contribution in [1.29, 1.82) is 0 Å². The van der Waals surface area contributed by atoms with Crippen molar-refractivity contribution in [1.82, 2.24) is 0 Å². The van der Waals surface area contributed by atoms with Crippen molar-refractivity contribution in [3.63, 3.8) is 0 Å². The van der Waals surface area contributed by atoms with Crippen LogP contribution in [0.4, 0.5) is 17.6 Å². The molecule has 1 aliphatic rings. The topological polar surface area (TPSA) is 0 Å². The van der Waals surface area contributed by atoms with Gasteiger partial charge in [0, 0.05) is 0 Å². The molecule has 0 aromatic rings. The Kier molecular flexibility index (Phi) is 1.54. The minimum absolute atomic E-state index is 0.215. The first-order valence-electron chi connectivity index (χ1n) is 2.61. The third-order valence-electron chi connectivity index (χ3n) is 1.11. The van der Waals surface area contributed by atoms with Crippen molar-refractivity contribution in [2.75, 3.05) is 0 Å². The Bertz CT molecular complexity index is 192. The Labute approximate surface area is 54.8 Å². The summed E-state index contributed by atoms with van der Waals surface area (Å²) in [4.78, 5) is 0. The monoisotopic (exact) mass is 152 g/mol. The van der Waals surface area contributed by atoms with E-state index >= 15 is 0 Å². The van der Waals surface area contributed by atoms with Crippen molar-refractivity contribution in [3.8, 4) is 0 Å². The molecule has 0 fully saturated rings. The summed E-state index contributed by atoms with van der Waals surface area (Å²) in [5, 5.41) is 0. The van der Waals surface area contributed by atoms with E-state index in [1.54, 1.807) is 0 Å². The van der Waals surface area contributed by atoms with Crippen LogP contribution in [0.25, 0.3) is 0 Å². The summed E-state index contributed by atoms with van der Waals surface area (Å²) in [5.41, 5.74) is 0. The lowest BCUT2D eigenvalue weighted by Gasteiger charge is -2.13. The Hall–Kier alpha value is -0.800. The standard InChI is InChI=1S/C6H4F4/c7-4-1-2-6(9,10)5(8)3-4/h1-4H/t4-/m1/s1. The number of allylic oxidation sites excluding steroid dienone is 4. The van der Waals surface area contributed by atoms with Crippen LogP contribution in [0.2, 0.25) is 0 Å². The maximum Gasteiger partial charge on any atom is 0.317 e. The van der Waals surface area contributed by atoms with Gasteiger partial charge in [0.15, 0.2) is 5.83 Å². The van der Waals surface area contributed by atoms with Gasteiger partial charge in [-0.15, -0.1) is 0 Å². The smallest absolute Gasteiger partial charge is 0.238 e. The highest BCUT2D eigenvalue weighted by molar-refractivity contribution is 5.24. The van der Waals surface area contributed by atoms with Crippen LogP contribution in [0.15, 0.2) is 24.1 Å². The summed E-state index contributed by atoms with van der Waals surface area (Å²) in [6, 6.07) is 0. The molecule has 0 bridgehead atoms. The second-order valence-corrected chi connectivity index (χ2v) is 1.94. The average molecular weight is 152 g/mol. The molecule has 10 heavy (non-hydrogen) atoms. The van der Waals surface area contributed by atoms with E-state index in [0.29, 0.717) is 6.08 Å². The second-order valence-electron chi connectivity index (χ2n) is 1.94. The molecule has 0 heterocycles. The van der Waals surface area contributed by atoms with Crippen LogP contribution >= 0.6 is 0 Å². The largest absolute Gasteiger partial charge is 0.317 e. The molecule has 0 radical (unpaired) electrons. The van der Waals surface area contributed by atoms with Gasteiger partial charge in [-0.1, -0.05) is 0 Å². The van der Waals surface area contributed by atoms with Crippen LogP contribution in [-0.2, 0) is 0 Å². The van der Waals surface area contributed by atoms with Crippen LogP contribution < -0.4 is 0 Å². The number of hydrogen-bond acceptors (Lipinski definition) is 0. The van der Waals surface area contributed by atoms with E-state index in [1.807, 2.05) is 0 Å². The first-order valence-corrected chi connectivity index (χ1v) is 2.61. The maximum atomic E-state index is 12.1. The van der Waals surface area contributed by atoms with Crippen LogP contribution in [0, 0.1) is 0 Å². The van der Waals surface area contributed by atoms with Crippen molar-refractivity contribution >= 4 is 0 Å². The molecule has 0 aliphatic heterocycles. The quantitative estimate of drug-likeness (QED) is 0.369. The van der Waals surface area contributed by atoms with E-state index in [-0.39, 0.29) is 12.2 Å². The fourth-order valence-corrected chi connectivity index (χ4v) is 0.599. The molecule has 56 valence electrons. The van der Waals surface area contributed by atoms with E-state index in [9.17, 15) is 17.6 Å². The van der Waals surface area contributed by atoms with Crippen molar-refractivity contribution in [3.05, 3.63) is 24.1 Å². The molecule has 0 spiro atoms. The number of alkyl halides is 3. The molecule has 1 atom stereocenters. The van der Waals surface area contributed by atoms with E-state index in [2.05, 4.69) is 0 Å². The molecule has 0 unspecified atom stereocenters. The molecule has 0 saturated carbocycles. The summed E-state index contributed by atoms with van der Waals surface area (Å²) in [5.74, 6) is -5.33. The SMILES string of the molecule is FC1=C[C@H](F)C=CC1(F)F. The lowest BCUT2D eigenvalue weighted by Crippen LogP contribution is -2.18. The molecular weight excluding hydrogens is 148 g/mol. The Morgan fingerprint density at radius 2 is 2.00 bits per heavy atom. The molecular formula is C6H4F4. The van der Waals surface area contributed by atoms with Crippen LogP contribution in [0.3, 0.4) is 0 Å². The summed E-state index contributed by atoms with van der Waals surface area (Å²) in [7, 11) is 0. The fraction of sp³-hybridized carbons (Fsp3) is 0.333. The molecule has 0 N–H and O–H groups in total. The van der Waals surface area contributed by atoms with Gasteiger partial charge in [-0.05, 0) is 18.2 Å². The highest BCUT2D eigenvalue weighted by Gasteiger charge is 2.34. The predicted octanol–water partition coefficient (Wildman–Crippen LogP) is 2.38. The lowest BCUT2D eigenvalue weighted by molar-refractivity contribution is 0.0657. The summed E-state index contributed by atoms with van der Waals surface area (Å²) in [6.07, 6.45) is -0.643. The second kappa shape index (κ2) is 2.11. The van der Waals surface area contributed by atoms with E-state index in [1.165, 1.54) is 0 Å². The van der Waals surface area contributed by atoms with Gasteiger partial charge in [0.1, 0.15) is 6.17 Å². The molecule has 0 aromatic heterocycles. The van der Waals surface area contributed by atoms with E-state index in [4.69, 9.17) is 0 Å². The first-order chi connectivity index (χ1) is 4.52. The van der Waals surface area contributed by atoms with Crippen LogP contribution in [0.1, 0.15) is 0 Å². The minimum Gasteiger partial charge on any atom is -0.238 e. The van der Waals surface area contributed by atoms with Gasteiger partial charge >= 0.3 is 5.92 Å². The molecule has 1 aliphatic carbocycles. The zero-order chi connectivity index (χ0) is 7.78. The molecule has 0 nitrogen and oxygen atoms in total. The number of rotatable bonds is 0. The normalized spacial score (nSPS) is 30.0. The van der Waals surface area contributed by atoms with Gasteiger partial charge in [-0.25, -0.2) is 8.78 Å². The predicted molar refractivity (Wildman–Crippen MR) is 28.2 cm³/mol. The Morgan fingerprint density at radius 1 is 1.40 bits per heavy atom. The highest BCUT2D eigenvalue weighted by Crippen LogP contribution is 2.30. The zero-order valence-electron chi connectivity index (χ0n) is 4.82. The maximum absolute atomic E-state index is 12.1. The van der Waals surface area contributed by atoms with Crippen molar-refractivity contribution in [2.45, 2.75) is 12.1 Å². The van der Waals surface area contributed by atoms with Gasteiger partial charge in [-0.2, -0.15) is 8.78 Å². The number of halogens is 4. The van der Waals surface area contributed by atoms with Gasteiger partial charge in [0.05, 0.1) is 0 Å². The summed E-state index contributed by atoms with van der Waals surface area (Å²) < 4.78 is 48.2. The molecule has 1 rings (SSSR count). The van der Waals surface area contributed by atoms with E-state index < -0.39 is 17.9 Å². The minimum atomic E-state index is -3.61. The van der Waals surface area contributed by atoms with Gasteiger partial charge in [-0.3, -0.25) is 0 Å². The van der Waals surface area contributed by atoms with Crippen LogP contribution in [0.5, 0.6) is 0 Å². The van der Waals surface area contributed by atoms with Crippen LogP contribution in [-0.4, -0.2) is 12.1 Å². The number of hydrogen-bond donors (Lipinski definition) is 0.